The van der Waals surface area contributed by atoms with Crippen molar-refractivity contribution in [1.29, 1.82) is 5.41 Å². The van der Waals surface area contributed by atoms with Gasteiger partial charge < -0.3 is 16.9 Å². The minimum atomic E-state index is -4.70. The first kappa shape index (κ1) is 21.0. The van der Waals surface area contributed by atoms with Crippen molar-refractivity contribution < 1.29 is 17.6 Å². The van der Waals surface area contributed by atoms with Gasteiger partial charge in [0.15, 0.2) is 5.82 Å². The average molecular weight is 433 g/mol. The number of benzene rings is 1. The van der Waals surface area contributed by atoms with E-state index in [9.17, 15) is 17.6 Å². The minimum absolute atomic E-state index is 0.0999. The molecule has 13 heteroatoms. The molecule has 0 amide bonds. The van der Waals surface area contributed by atoms with Crippen LogP contribution in [0.25, 0.3) is 0 Å². The lowest BCUT2D eigenvalue weighted by atomic mass is 10.0. The van der Waals surface area contributed by atoms with E-state index in [0.717, 1.165) is 6.07 Å². The van der Waals surface area contributed by atoms with Gasteiger partial charge in [-0.15, -0.1) is 0 Å². The van der Waals surface area contributed by atoms with E-state index in [-0.39, 0.29) is 41.0 Å². The summed E-state index contributed by atoms with van der Waals surface area (Å²) in [5.41, 5.74) is 11.8. The molecule has 156 valence electrons. The van der Waals surface area contributed by atoms with Crippen LogP contribution in [0.2, 0.25) is 5.02 Å². The van der Waals surface area contributed by atoms with E-state index in [0.29, 0.717) is 18.7 Å². The van der Waals surface area contributed by atoms with Gasteiger partial charge in [0, 0.05) is 30.1 Å². The highest BCUT2D eigenvalue weighted by atomic mass is 35.5. The number of hydrogen-bond donors (Lipinski definition) is 4. The molecule has 1 aliphatic rings. The summed E-state index contributed by atoms with van der Waals surface area (Å²) in [6.45, 7) is 0.895. The van der Waals surface area contributed by atoms with E-state index in [2.05, 4.69) is 15.1 Å². The van der Waals surface area contributed by atoms with E-state index in [1.54, 1.807) is 10.00 Å². The van der Waals surface area contributed by atoms with Gasteiger partial charge in [0.25, 0.3) is 0 Å². The fourth-order valence-corrected chi connectivity index (χ4v) is 3.18. The molecule has 0 bridgehead atoms. The Morgan fingerprint density at radius 3 is 2.72 bits per heavy atom. The summed E-state index contributed by atoms with van der Waals surface area (Å²) in [5.74, 6) is -2.11. The number of nitrogens with one attached hydrogen (secondary N) is 2. The maximum Gasteiger partial charge on any atom is 0.451 e. The van der Waals surface area contributed by atoms with Crippen molar-refractivity contribution in [3.8, 4) is 0 Å². The molecule has 2 aromatic rings. The fourth-order valence-electron chi connectivity index (χ4n) is 2.96. The Labute approximate surface area is 167 Å². The zero-order valence-corrected chi connectivity index (χ0v) is 15.6. The highest BCUT2D eigenvalue weighted by molar-refractivity contribution is 6.31. The number of alkyl halides is 3. The molecule has 1 aromatic heterocycles. The third kappa shape index (κ3) is 4.48. The lowest BCUT2D eigenvalue weighted by Crippen LogP contribution is -2.50. The molecule has 0 spiro atoms. The van der Waals surface area contributed by atoms with Gasteiger partial charge in [-0.2, -0.15) is 18.3 Å². The van der Waals surface area contributed by atoms with Crippen molar-refractivity contribution in [1.82, 2.24) is 20.1 Å². The maximum absolute atomic E-state index is 13.8. The van der Waals surface area contributed by atoms with Crippen LogP contribution in [-0.2, 0) is 12.7 Å². The number of nitrogens with zero attached hydrogens (tertiary/aromatic N) is 4. The van der Waals surface area contributed by atoms with E-state index in [4.69, 9.17) is 28.5 Å². The van der Waals surface area contributed by atoms with Gasteiger partial charge >= 0.3 is 6.18 Å². The highest BCUT2D eigenvalue weighted by Crippen LogP contribution is 2.29. The van der Waals surface area contributed by atoms with Crippen LogP contribution in [0.1, 0.15) is 23.6 Å². The van der Waals surface area contributed by atoms with Crippen molar-refractivity contribution in [2.45, 2.75) is 25.2 Å². The number of anilines is 1. The lowest BCUT2D eigenvalue weighted by molar-refractivity contribution is -0.144. The van der Waals surface area contributed by atoms with Gasteiger partial charge in [-0.1, -0.05) is 11.6 Å². The quantitative estimate of drug-likeness (QED) is 0.326. The van der Waals surface area contributed by atoms with Crippen LogP contribution in [0.15, 0.2) is 17.1 Å². The zero-order chi connectivity index (χ0) is 21.3. The molecule has 3 rings (SSSR count). The Morgan fingerprint density at radius 2 is 2.07 bits per heavy atom. The van der Waals surface area contributed by atoms with Crippen molar-refractivity contribution in [3.63, 3.8) is 0 Å². The SMILES string of the molecule is N=C(CC1C(N)=NCCN1Cc1c(Cl)ccc(F)c1N)c1n[nH]c(C(F)(F)F)n1. The predicted octanol–water partition coefficient (Wildman–Crippen LogP) is 2.20. The molecule has 29 heavy (non-hydrogen) atoms. The van der Waals surface area contributed by atoms with Gasteiger partial charge in [0.2, 0.25) is 5.82 Å². The van der Waals surface area contributed by atoms with E-state index < -0.39 is 23.9 Å². The molecule has 0 saturated carbocycles. The van der Waals surface area contributed by atoms with Crippen LogP contribution in [0.5, 0.6) is 0 Å². The van der Waals surface area contributed by atoms with Gasteiger partial charge in [0.1, 0.15) is 11.7 Å². The number of nitrogens with two attached hydrogens (primary N) is 2. The third-order valence-corrected chi connectivity index (χ3v) is 4.85. The van der Waals surface area contributed by atoms with E-state index in [1.807, 2.05) is 0 Å². The predicted molar refractivity (Wildman–Crippen MR) is 99.3 cm³/mol. The summed E-state index contributed by atoms with van der Waals surface area (Å²) in [6, 6.07) is 1.90. The highest BCUT2D eigenvalue weighted by Gasteiger charge is 2.36. The topological polar surface area (TPSA) is 133 Å². The van der Waals surface area contributed by atoms with Crippen molar-refractivity contribution in [3.05, 3.63) is 40.2 Å². The van der Waals surface area contributed by atoms with E-state index in [1.165, 1.54) is 6.07 Å². The van der Waals surface area contributed by atoms with Gasteiger partial charge in [-0.3, -0.25) is 15.0 Å². The number of amidine groups is 1. The van der Waals surface area contributed by atoms with Crippen LogP contribution < -0.4 is 11.5 Å². The van der Waals surface area contributed by atoms with Crippen LogP contribution in [0, 0.1) is 11.2 Å². The van der Waals surface area contributed by atoms with Crippen LogP contribution in [0.3, 0.4) is 0 Å². The number of hydrogen-bond acceptors (Lipinski definition) is 7. The Balaban J connectivity index is 1.81. The largest absolute Gasteiger partial charge is 0.451 e. The number of aliphatic imine (C=N–C) groups is 1. The molecule has 2 heterocycles. The van der Waals surface area contributed by atoms with E-state index >= 15 is 0 Å². The molecule has 1 unspecified atom stereocenters. The van der Waals surface area contributed by atoms with Crippen molar-refractivity contribution in [2.24, 2.45) is 10.7 Å². The Morgan fingerprint density at radius 1 is 1.34 bits per heavy atom. The minimum Gasteiger partial charge on any atom is -0.396 e. The van der Waals surface area contributed by atoms with Gasteiger partial charge in [-0.25, -0.2) is 9.37 Å². The number of halogens is 5. The summed E-state index contributed by atoms with van der Waals surface area (Å²) < 4.78 is 51.9. The number of nitrogen functional groups attached to an aromatic ring is 1. The summed E-state index contributed by atoms with van der Waals surface area (Å²) in [5, 5.41) is 13.6. The molecule has 1 atom stereocenters. The standard InChI is InChI=1S/C16H17ClF4N8/c17-8-1-2-9(18)12(23)7(8)6-29-4-3-25-13(24)11(29)5-10(22)14-26-15(28-27-14)16(19,20)21/h1-2,11,22H,3-6,23H2,(H2,24,25)(H,26,27,28). The fraction of sp³-hybridized carbons (Fsp3) is 0.375. The second-order valence-electron chi connectivity index (χ2n) is 6.40. The van der Waals surface area contributed by atoms with Crippen molar-refractivity contribution >= 4 is 28.8 Å². The molecule has 6 N–H and O–H groups in total. The molecule has 0 fully saturated rings. The maximum atomic E-state index is 13.8. The number of aromatic amines is 1. The summed E-state index contributed by atoms with van der Waals surface area (Å²) in [6.07, 6.45) is -4.80. The molecule has 8 nitrogen and oxygen atoms in total. The first-order valence-corrected chi connectivity index (χ1v) is 8.79. The first-order chi connectivity index (χ1) is 13.6. The Hall–Kier alpha value is -2.73. The lowest BCUT2D eigenvalue weighted by Gasteiger charge is -2.34. The van der Waals surface area contributed by atoms with Gasteiger partial charge in [0.05, 0.1) is 24.0 Å². The van der Waals surface area contributed by atoms with Crippen molar-refractivity contribution in [2.75, 3.05) is 18.8 Å². The first-order valence-electron chi connectivity index (χ1n) is 8.41. The second-order valence-corrected chi connectivity index (χ2v) is 6.81. The number of rotatable bonds is 5. The molecular formula is C16H17ClF4N8. The second kappa shape index (κ2) is 7.95. The molecule has 0 radical (unpaired) electrons. The normalized spacial score (nSPS) is 18.0. The van der Waals surface area contributed by atoms with Gasteiger partial charge in [-0.05, 0) is 12.1 Å². The monoisotopic (exact) mass is 432 g/mol. The zero-order valence-electron chi connectivity index (χ0n) is 14.9. The summed E-state index contributed by atoms with van der Waals surface area (Å²) >= 11 is 6.14. The molecule has 0 aliphatic carbocycles. The smallest absolute Gasteiger partial charge is 0.396 e. The average Bonchev–Trinajstić information content (AvgIpc) is 3.15. The number of aromatic nitrogens is 3. The summed E-state index contributed by atoms with van der Waals surface area (Å²) in [4.78, 5) is 9.24. The van der Waals surface area contributed by atoms with Crippen LogP contribution in [-0.4, -0.2) is 50.8 Å². The van der Waals surface area contributed by atoms with Crippen LogP contribution >= 0.6 is 11.6 Å². The molecular weight excluding hydrogens is 416 g/mol. The third-order valence-electron chi connectivity index (χ3n) is 4.49. The van der Waals surface area contributed by atoms with Crippen LogP contribution in [0.4, 0.5) is 23.2 Å². The Bertz CT molecular complexity index is 955. The summed E-state index contributed by atoms with van der Waals surface area (Å²) in [7, 11) is 0. The molecule has 1 aliphatic heterocycles. The molecule has 1 aromatic carbocycles. The number of H-pyrrole nitrogens is 1. The molecule has 0 saturated heterocycles. The Kier molecular flexibility index (Phi) is 5.75.